The minimum absolute atomic E-state index is 0.00272. The van der Waals surface area contributed by atoms with Gasteiger partial charge in [-0.3, -0.25) is 4.98 Å². The average molecular weight is 337 g/mol. The number of nitrogens with zero attached hydrogens (tertiary/aromatic N) is 1. The number of pyridine rings is 1. The highest BCUT2D eigenvalue weighted by Crippen LogP contribution is 2.35. The molecule has 0 atom stereocenters. The fraction of sp³-hybridized carbons (Fsp3) is 0.0909. The number of halogens is 4. The van der Waals surface area contributed by atoms with Gasteiger partial charge in [0.2, 0.25) is 0 Å². The molecule has 0 amide bonds. The number of benzene rings is 1. The highest BCUT2D eigenvalue weighted by molar-refractivity contribution is 9.10. The number of aromatic nitrogens is 1. The maximum absolute atomic E-state index is 13.5. The van der Waals surface area contributed by atoms with E-state index in [4.69, 9.17) is 11.6 Å². The van der Waals surface area contributed by atoms with E-state index in [9.17, 15) is 13.6 Å². The molecule has 0 bridgehead atoms. The van der Waals surface area contributed by atoms with Crippen LogP contribution >= 0.6 is 27.5 Å². The number of carbonyl (C=O) groups excluding carboxylic acids is 1. The predicted molar refractivity (Wildman–Crippen MR) is 65.7 cm³/mol. The van der Waals surface area contributed by atoms with Gasteiger partial charge in [-0.05, 0) is 15.9 Å². The number of fused-ring (bicyclic) bond motifs is 1. The van der Waals surface area contributed by atoms with Crippen LogP contribution in [-0.4, -0.2) is 18.1 Å². The summed E-state index contributed by atoms with van der Waals surface area (Å²) < 4.78 is 31.4. The summed E-state index contributed by atoms with van der Waals surface area (Å²) in [5.41, 5.74) is -0.182. The topological polar surface area (TPSA) is 39.2 Å². The number of hydrogen-bond donors (Lipinski definition) is 0. The molecule has 1 heterocycles. The minimum atomic E-state index is -0.857. The molecule has 0 aliphatic carbocycles. The Morgan fingerprint density at radius 2 is 2.11 bits per heavy atom. The second-order valence-corrected chi connectivity index (χ2v) is 4.53. The van der Waals surface area contributed by atoms with Gasteiger partial charge in [0.25, 0.3) is 0 Å². The summed E-state index contributed by atoms with van der Waals surface area (Å²) in [6.45, 7) is 0. The van der Waals surface area contributed by atoms with Crippen molar-refractivity contribution in [3.05, 3.63) is 39.0 Å². The Hall–Kier alpha value is -1.27. The van der Waals surface area contributed by atoms with Crippen molar-refractivity contribution in [2.45, 2.75) is 0 Å². The summed E-state index contributed by atoms with van der Waals surface area (Å²) in [4.78, 5) is 15.2. The number of hydrogen-bond acceptors (Lipinski definition) is 3. The van der Waals surface area contributed by atoms with Gasteiger partial charge in [0.05, 0.1) is 22.2 Å². The first-order chi connectivity index (χ1) is 8.47. The van der Waals surface area contributed by atoms with Crippen molar-refractivity contribution in [2.24, 2.45) is 0 Å². The van der Waals surface area contributed by atoms with Crippen LogP contribution in [-0.2, 0) is 4.74 Å². The van der Waals surface area contributed by atoms with Gasteiger partial charge in [0.1, 0.15) is 11.3 Å². The van der Waals surface area contributed by atoms with Gasteiger partial charge in [0.15, 0.2) is 5.82 Å². The van der Waals surface area contributed by atoms with Gasteiger partial charge in [-0.2, -0.15) is 0 Å². The maximum atomic E-state index is 13.5. The Bertz CT molecular complexity index is 663. The molecule has 0 saturated heterocycles. The lowest BCUT2D eigenvalue weighted by atomic mass is 10.1. The molecular formula is C11H5BrClF2NO2. The first kappa shape index (κ1) is 13.2. The molecule has 2 aromatic rings. The molecule has 1 aromatic carbocycles. The normalized spacial score (nSPS) is 10.7. The fourth-order valence-electron chi connectivity index (χ4n) is 1.48. The zero-order valence-electron chi connectivity index (χ0n) is 8.93. The van der Waals surface area contributed by atoms with E-state index in [2.05, 4.69) is 25.7 Å². The summed E-state index contributed by atoms with van der Waals surface area (Å²) in [6, 6.07) is 0.688. The molecule has 0 aliphatic heterocycles. The summed E-state index contributed by atoms with van der Waals surface area (Å²) in [5.74, 6) is -2.42. The molecule has 0 radical (unpaired) electrons. The largest absolute Gasteiger partial charge is 0.465 e. The summed E-state index contributed by atoms with van der Waals surface area (Å²) in [7, 11) is 1.17. The molecule has 0 fully saturated rings. The highest BCUT2D eigenvalue weighted by atomic mass is 79.9. The Labute approximate surface area is 114 Å². The maximum Gasteiger partial charge on any atom is 0.340 e. The van der Waals surface area contributed by atoms with Crippen molar-refractivity contribution in [1.29, 1.82) is 0 Å². The monoisotopic (exact) mass is 335 g/mol. The SMILES string of the molecule is COC(=O)c1cnc2c(F)cc(F)c(Br)c2c1Cl. The molecule has 7 heteroatoms. The first-order valence-electron chi connectivity index (χ1n) is 4.67. The van der Waals surface area contributed by atoms with Crippen LogP contribution in [0.1, 0.15) is 10.4 Å². The molecule has 1 aromatic heterocycles. The Balaban J connectivity index is 2.89. The number of rotatable bonds is 1. The molecule has 18 heavy (non-hydrogen) atoms. The Morgan fingerprint density at radius 1 is 1.44 bits per heavy atom. The van der Waals surface area contributed by atoms with Gasteiger partial charge < -0.3 is 4.74 Å². The van der Waals surface area contributed by atoms with Crippen LogP contribution < -0.4 is 0 Å². The van der Waals surface area contributed by atoms with E-state index in [1.54, 1.807) is 0 Å². The zero-order chi connectivity index (χ0) is 13.4. The first-order valence-corrected chi connectivity index (χ1v) is 5.84. The molecular weight excluding hydrogens is 331 g/mol. The van der Waals surface area contributed by atoms with Crippen molar-refractivity contribution >= 4 is 44.4 Å². The molecule has 94 valence electrons. The zero-order valence-corrected chi connectivity index (χ0v) is 11.3. The van der Waals surface area contributed by atoms with E-state index >= 15 is 0 Å². The van der Waals surface area contributed by atoms with E-state index in [1.807, 2.05) is 0 Å². The number of methoxy groups -OCH3 is 1. The molecule has 0 unspecified atom stereocenters. The number of esters is 1. The van der Waals surface area contributed by atoms with Gasteiger partial charge in [-0.1, -0.05) is 11.6 Å². The van der Waals surface area contributed by atoms with Crippen LogP contribution in [0.25, 0.3) is 10.9 Å². The van der Waals surface area contributed by atoms with Gasteiger partial charge >= 0.3 is 5.97 Å². The molecule has 3 nitrogen and oxygen atoms in total. The molecule has 0 saturated carbocycles. The Kier molecular flexibility index (Phi) is 3.49. The van der Waals surface area contributed by atoms with Crippen molar-refractivity contribution in [1.82, 2.24) is 4.98 Å². The van der Waals surface area contributed by atoms with Crippen LogP contribution in [0.2, 0.25) is 5.02 Å². The van der Waals surface area contributed by atoms with Gasteiger partial charge in [-0.25, -0.2) is 13.6 Å². The van der Waals surface area contributed by atoms with E-state index in [0.717, 1.165) is 6.20 Å². The number of carbonyl (C=O) groups is 1. The van der Waals surface area contributed by atoms with Gasteiger partial charge in [-0.15, -0.1) is 0 Å². The lowest BCUT2D eigenvalue weighted by molar-refractivity contribution is 0.0600. The molecule has 0 N–H and O–H groups in total. The van der Waals surface area contributed by atoms with Gasteiger partial charge in [0, 0.05) is 17.6 Å². The highest BCUT2D eigenvalue weighted by Gasteiger charge is 2.20. The second-order valence-electron chi connectivity index (χ2n) is 3.36. The van der Waals surface area contributed by atoms with E-state index in [1.165, 1.54) is 7.11 Å². The van der Waals surface area contributed by atoms with E-state index in [0.29, 0.717) is 6.07 Å². The van der Waals surface area contributed by atoms with Crippen molar-refractivity contribution < 1.29 is 18.3 Å². The van der Waals surface area contributed by atoms with Crippen molar-refractivity contribution in [2.75, 3.05) is 7.11 Å². The van der Waals surface area contributed by atoms with Crippen molar-refractivity contribution in [3.8, 4) is 0 Å². The molecule has 0 spiro atoms. The van der Waals surface area contributed by atoms with Crippen LogP contribution in [0.4, 0.5) is 8.78 Å². The standard InChI is InChI=1S/C11H5BrClF2NO2/c1-18-11(17)4-3-16-10-6(15)2-5(14)8(12)7(10)9(4)13/h2-3H,1H3. The second kappa shape index (κ2) is 4.78. The minimum Gasteiger partial charge on any atom is -0.465 e. The van der Waals surface area contributed by atoms with Crippen LogP contribution in [0.15, 0.2) is 16.7 Å². The van der Waals surface area contributed by atoms with E-state index < -0.39 is 17.6 Å². The van der Waals surface area contributed by atoms with Crippen LogP contribution in [0.3, 0.4) is 0 Å². The quantitative estimate of drug-likeness (QED) is 0.588. The lowest BCUT2D eigenvalue weighted by Gasteiger charge is -2.08. The predicted octanol–water partition coefficient (Wildman–Crippen LogP) is 3.72. The fourth-order valence-corrected chi connectivity index (χ4v) is 2.41. The third-order valence-electron chi connectivity index (χ3n) is 2.33. The van der Waals surface area contributed by atoms with E-state index in [-0.39, 0.29) is 26.0 Å². The van der Waals surface area contributed by atoms with Crippen molar-refractivity contribution in [3.63, 3.8) is 0 Å². The lowest BCUT2D eigenvalue weighted by Crippen LogP contribution is -2.04. The average Bonchev–Trinajstić information content (AvgIpc) is 2.35. The molecule has 0 aliphatic rings. The third kappa shape index (κ3) is 1.95. The van der Waals surface area contributed by atoms with Crippen LogP contribution in [0.5, 0.6) is 0 Å². The summed E-state index contributed by atoms with van der Waals surface area (Å²) >= 11 is 8.91. The summed E-state index contributed by atoms with van der Waals surface area (Å²) in [5, 5.41) is -0.116. The van der Waals surface area contributed by atoms with Crippen LogP contribution in [0, 0.1) is 11.6 Å². The third-order valence-corrected chi connectivity index (χ3v) is 3.50. The molecule has 2 rings (SSSR count). The smallest absolute Gasteiger partial charge is 0.340 e. The Morgan fingerprint density at radius 3 is 2.72 bits per heavy atom. The number of ether oxygens (including phenoxy) is 1. The summed E-state index contributed by atoms with van der Waals surface area (Å²) in [6.07, 6.45) is 1.09.